The van der Waals surface area contributed by atoms with Crippen molar-refractivity contribution < 1.29 is 19.0 Å². The highest BCUT2D eigenvalue weighted by atomic mass is 16.5. The predicted molar refractivity (Wildman–Crippen MR) is 60.0 cm³/mol. The number of ketones is 1. The van der Waals surface area contributed by atoms with Crippen molar-refractivity contribution in [2.24, 2.45) is 0 Å². The van der Waals surface area contributed by atoms with Crippen molar-refractivity contribution in [3.05, 3.63) is 29.8 Å². The fraction of sp³-hybridized carbons (Fsp3) is 0.417. The quantitative estimate of drug-likeness (QED) is 0.520. The van der Waals surface area contributed by atoms with Gasteiger partial charge in [0, 0.05) is 12.7 Å². The number of Topliss-reactive ketones (excluding diaryl/α,β-unsaturated/α-hetero) is 1. The average Bonchev–Trinajstić information content (AvgIpc) is 2.34. The van der Waals surface area contributed by atoms with Gasteiger partial charge in [0.25, 0.3) is 0 Å². The van der Waals surface area contributed by atoms with Crippen LogP contribution in [-0.2, 0) is 9.47 Å². The summed E-state index contributed by atoms with van der Waals surface area (Å²) in [4.78, 5) is 11.7. The van der Waals surface area contributed by atoms with Crippen molar-refractivity contribution in [1.29, 1.82) is 0 Å². The van der Waals surface area contributed by atoms with Gasteiger partial charge in [0.1, 0.15) is 12.4 Å². The topological polar surface area (TPSA) is 44.8 Å². The zero-order valence-electron chi connectivity index (χ0n) is 9.56. The third-order valence-corrected chi connectivity index (χ3v) is 2.06. The molecule has 0 unspecified atom stereocenters. The third-order valence-electron chi connectivity index (χ3n) is 2.06. The summed E-state index contributed by atoms with van der Waals surface area (Å²) in [6, 6.07) is 7.01. The lowest BCUT2D eigenvalue weighted by molar-refractivity contribution is 0.0576. The molecule has 0 saturated heterocycles. The molecule has 4 heteroatoms. The van der Waals surface area contributed by atoms with E-state index in [1.165, 1.54) is 0 Å². The fourth-order valence-corrected chi connectivity index (χ4v) is 1.19. The lowest BCUT2D eigenvalue weighted by Gasteiger charge is -2.04. The Bertz CT molecular complexity index is 336. The summed E-state index contributed by atoms with van der Waals surface area (Å²) in [7, 11) is 3.16. The van der Waals surface area contributed by atoms with Crippen molar-refractivity contribution in [2.45, 2.75) is 0 Å². The first-order valence-corrected chi connectivity index (χ1v) is 5.02. The molecule has 0 aliphatic heterocycles. The summed E-state index contributed by atoms with van der Waals surface area (Å²) in [5.74, 6) is 0.609. The van der Waals surface area contributed by atoms with E-state index in [2.05, 4.69) is 0 Å². The first-order valence-electron chi connectivity index (χ1n) is 5.02. The van der Waals surface area contributed by atoms with Crippen LogP contribution in [-0.4, -0.2) is 39.8 Å². The first kappa shape index (κ1) is 12.7. The molecule has 0 bridgehead atoms. The molecule has 0 fully saturated rings. The van der Waals surface area contributed by atoms with Gasteiger partial charge in [-0.15, -0.1) is 0 Å². The summed E-state index contributed by atoms with van der Waals surface area (Å²) in [5.41, 5.74) is 0.594. The van der Waals surface area contributed by atoms with Crippen LogP contribution in [0.2, 0.25) is 0 Å². The molecule has 16 heavy (non-hydrogen) atoms. The molecule has 0 N–H and O–H groups in total. The molecule has 4 nitrogen and oxygen atoms in total. The molecule has 88 valence electrons. The number of benzene rings is 1. The maximum absolute atomic E-state index is 11.7. The van der Waals surface area contributed by atoms with Crippen LogP contribution in [0.15, 0.2) is 24.3 Å². The van der Waals surface area contributed by atoms with Crippen molar-refractivity contribution >= 4 is 5.78 Å². The average molecular weight is 224 g/mol. The van der Waals surface area contributed by atoms with Crippen molar-refractivity contribution in [3.63, 3.8) is 0 Å². The largest absolute Gasteiger partial charge is 0.497 e. The van der Waals surface area contributed by atoms with Crippen LogP contribution in [0.3, 0.4) is 0 Å². The van der Waals surface area contributed by atoms with Crippen LogP contribution < -0.4 is 4.74 Å². The molecule has 0 aliphatic rings. The van der Waals surface area contributed by atoms with Gasteiger partial charge < -0.3 is 14.2 Å². The second-order valence-electron chi connectivity index (χ2n) is 3.20. The third kappa shape index (κ3) is 4.00. The Morgan fingerprint density at radius 2 is 2.06 bits per heavy atom. The van der Waals surface area contributed by atoms with Crippen LogP contribution >= 0.6 is 0 Å². The summed E-state index contributed by atoms with van der Waals surface area (Å²) >= 11 is 0. The van der Waals surface area contributed by atoms with Crippen LogP contribution in [0.5, 0.6) is 5.75 Å². The minimum absolute atomic E-state index is 0.0602. The van der Waals surface area contributed by atoms with Gasteiger partial charge in [0.05, 0.1) is 20.3 Å². The fourth-order valence-electron chi connectivity index (χ4n) is 1.19. The molecule has 0 spiro atoms. The minimum Gasteiger partial charge on any atom is -0.497 e. The molecule has 1 aromatic rings. The Morgan fingerprint density at radius 1 is 1.25 bits per heavy atom. The lowest BCUT2D eigenvalue weighted by atomic mass is 10.1. The first-order chi connectivity index (χ1) is 7.77. The van der Waals surface area contributed by atoms with Gasteiger partial charge >= 0.3 is 0 Å². The summed E-state index contributed by atoms with van der Waals surface area (Å²) in [6.07, 6.45) is 0. The van der Waals surface area contributed by atoms with Gasteiger partial charge in [0.2, 0.25) is 0 Å². The number of hydrogen-bond acceptors (Lipinski definition) is 4. The monoisotopic (exact) mass is 224 g/mol. The maximum Gasteiger partial charge on any atom is 0.188 e. The van der Waals surface area contributed by atoms with Gasteiger partial charge in [-0.25, -0.2) is 0 Å². The lowest BCUT2D eigenvalue weighted by Crippen LogP contribution is -2.12. The highest BCUT2D eigenvalue weighted by molar-refractivity contribution is 5.97. The molecule has 1 aromatic carbocycles. The molecule has 0 heterocycles. The zero-order valence-corrected chi connectivity index (χ0v) is 9.56. The van der Waals surface area contributed by atoms with E-state index in [0.717, 1.165) is 0 Å². The van der Waals surface area contributed by atoms with Crippen LogP contribution in [0, 0.1) is 0 Å². The van der Waals surface area contributed by atoms with E-state index in [4.69, 9.17) is 14.2 Å². The van der Waals surface area contributed by atoms with Gasteiger partial charge in [-0.05, 0) is 12.1 Å². The minimum atomic E-state index is -0.0602. The van der Waals surface area contributed by atoms with Crippen molar-refractivity contribution in [1.82, 2.24) is 0 Å². The standard InChI is InChI=1S/C12H16O4/c1-14-6-7-16-9-12(13)10-4-3-5-11(8-10)15-2/h3-5,8H,6-7,9H2,1-2H3. The van der Waals surface area contributed by atoms with E-state index in [1.54, 1.807) is 38.5 Å². The van der Waals surface area contributed by atoms with E-state index in [9.17, 15) is 4.79 Å². The normalized spacial score (nSPS) is 10.1. The van der Waals surface area contributed by atoms with E-state index < -0.39 is 0 Å². The van der Waals surface area contributed by atoms with Crippen molar-refractivity contribution in [2.75, 3.05) is 34.0 Å². The Labute approximate surface area is 95.1 Å². The van der Waals surface area contributed by atoms with E-state index >= 15 is 0 Å². The molecule has 0 amide bonds. The van der Waals surface area contributed by atoms with Crippen molar-refractivity contribution in [3.8, 4) is 5.75 Å². The van der Waals surface area contributed by atoms with E-state index in [0.29, 0.717) is 24.5 Å². The number of rotatable bonds is 7. The zero-order chi connectivity index (χ0) is 11.8. The predicted octanol–water partition coefficient (Wildman–Crippen LogP) is 1.54. The number of carbonyl (C=O) groups is 1. The number of hydrogen-bond donors (Lipinski definition) is 0. The Hall–Kier alpha value is -1.39. The van der Waals surface area contributed by atoms with E-state index in [-0.39, 0.29) is 12.4 Å². The smallest absolute Gasteiger partial charge is 0.188 e. The molecule has 0 radical (unpaired) electrons. The number of methoxy groups -OCH3 is 2. The van der Waals surface area contributed by atoms with Crippen LogP contribution in [0.4, 0.5) is 0 Å². The Balaban J connectivity index is 2.46. The summed E-state index contributed by atoms with van der Waals surface area (Å²) in [6.45, 7) is 0.980. The van der Waals surface area contributed by atoms with Crippen LogP contribution in [0.25, 0.3) is 0 Å². The number of carbonyl (C=O) groups excluding carboxylic acids is 1. The highest BCUT2D eigenvalue weighted by Gasteiger charge is 2.06. The second kappa shape index (κ2) is 6.98. The van der Waals surface area contributed by atoms with Gasteiger partial charge in [-0.3, -0.25) is 4.79 Å². The second-order valence-corrected chi connectivity index (χ2v) is 3.20. The Kier molecular flexibility index (Phi) is 5.53. The molecule has 0 aliphatic carbocycles. The summed E-state index contributed by atoms with van der Waals surface area (Å²) < 4.78 is 15.0. The van der Waals surface area contributed by atoms with Gasteiger partial charge in [-0.2, -0.15) is 0 Å². The molecule has 0 saturated carbocycles. The molecule has 1 rings (SSSR count). The maximum atomic E-state index is 11.7. The molecular formula is C12H16O4. The van der Waals surface area contributed by atoms with E-state index in [1.807, 2.05) is 0 Å². The van der Waals surface area contributed by atoms with Crippen LogP contribution in [0.1, 0.15) is 10.4 Å². The Morgan fingerprint density at radius 3 is 2.75 bits per heavy atom. The van der Waals surface area contributed by atoms with Gasteiger partial charge in [-0.1, -0.05) is 12.1 Å². The highest BCUT2D eigenvalue weighted by Crippen LogP contribution is 2.12. The number of ether oxygens (including phenoxy) is 3. The molecular weight excluding hydrogens is 208 g/mol. The molecule has 0 atom stereocenters. The van der Waals surface area contributed by atoms with Gasteiger partial charge in [0.15, 0.2) is 5.78 Å². The summed E-state index contributed by atoms with van der Waals surface area (Å²) in [5, 5.41) is 0. The SMILES string of the molecule is COCCOCC(=O)c1cccc(OC)c1. The molecule has 0 aromatic heterocycles.